The summed E-state index contributed by atoms with van der Waals surface area (Å²) in [4.78, 5) is 0. The molecular weight excluding hydrogens is 533 g/mol. The van der Waals surface area contributed by atoms with Gasteiger partial charge in [-0.15, -0.1) is 0 Å². The molecule has 4 aromatic rings. The Kier molecular flexibility index (Phi) is 8.95. The van der Waals surface area contributed by atoms with E-state index in [1.165, 1.54) is 21.2 Å². The van der Waals surface area contributed by atoms with Crippen LogP contribution in [0.1, 0.15) is 6.92 Å². The first kappa shape index (κ1) is 22.7. The van der Waals surface area contributed by atoms with Crippen LogP contribution in [-0.2, 0) is 0 Å². The summed E-state index contributed by atoms with van der Waals surface area (Å²) in [5.74, 6) is 0. The van der Waals surface area contributed by atoms with Gasteiger partial charge in [-0.2, -0.15) is 0 Å². The molecule has 147 valence electrons. The van der Waals surface area contributed by atoms with Crippen molar-refractivity contribution >= 4 is 37.1 Å². The normalized spacial score (nSPS) is 10.9. The maximum Gasteiger partial charge on any atom is 0.0126 e. The summed E-state index contributed by atoms with van der Waals surface area (Å²) >= 11 is 0. The van der Waals surface area contributed by atoms with E-state index in [9.17, 15) is 0 Å². The molecular formula is C26H24P2Tb. The fraction of sp³-hybridized carbons (Fsp3) is 0.0769. The summed E-state index contributed by atoms with van der Waals surface area (Å²) in [6.45, 7) is 2.46. The Balaban J connectivity index is 0.00000240. The summed E-state index contributed by atoms with van der Waals surface area (Å²) in [7, 11) is -0.940. The van der Waals surface area contributed by atoms with Crippen molar-refractivity contribution in [1.29, 1.82) is 0 Å². The Morgan fingerprint density at radius 2 is 0.621 bits per heavy atom. The molecule has 1 radical (unpaired) electrons. The van der Waals surface area contributed by atoms with Crippen molar-refractivity contribution in [2.75, 3.05) is 0 Å². The molecule has 0 fully saturated rings. The molecule has 0 bridgehead atoms. The molecule has 0 N–H and O–H groups in total. The second-order valence-corrected chi connectivity index (χ2v) is 12.2. The average molecular weight is 557 g/mol. The number of rotatable bonds is 6. The SMILES string of the molecule is CC(P(c1ccccc1)c1ccccc1)P(c1ccccc1)c1ccccc1.[Tb]. The minimum absolute atomic E-state index is 0. The van der Waals surface area contributed by atoms with Crippen molar-refractivity contribution < 1.29 is 38.6 Å². The van der Waals surface area contributed by atoms with Gasteiger partial charge in [-0.3, -0.25) is 0 Å². The summed E-state index contributed by atoms with van der Waals surface area (Å²) in [5, 5.41) is 6.34. The van der Waals surface area contributed by atoms with E-state index in [0.717, 1.165) is 0 Å². The molecule has 0 aliphatic rings. The van der Waals surface area contributed by atoms with Crippen LogP contribution in [0.4, 0.5) is 0 Å². The van der Waals surface area contributed by atoms with E-state index in [2.05, 4.69) is 128 Å². The van der Waals surface area contributed by atoms with E-state index in [4.69, 9.17) is 0 Å². The Hall–Kier alpha value is -0.974. The van der Waals surface area contributed by atoms with Gasteiger partial charge in [0.05, 0.1) is 0 Å². The van der Waals surface area contributed by atoms with Crippen LogP contribution in [0, 0.1) is 38.6 Å². The van der Waals surface area contributed by atoms with Gasteiger partial charge in [0.15, 0.2) is 0 Å². The number of hydrogen-bond donors (Lipinski definition) is 0. The minimum atomic E-state index is -0.470. The second kappa shape index (κ2) is 11.4. The molecule has 0 saturated heterocycles. The molecule has 0 amide bonds. The molecule has 0 saturated carbocycles. The van der Waals surface area contributed by atoms with Crippen LogP contribution in [0.3, 0.4) is 0 Å². The van der Waals surface area contributed by atoms with Gasteiger partial charge in [0.2, 0.25) is 0 Å². The molecule has 3 heteroatoms. The van der Waals surface area contributed by atoms with Gasteiger partial charge in [0, 0.05) is 44.0 Å². The molecule has 0 aliphatic heterocycles. The molecule has 0 aromatic heterocycles. The summed E-state index contributed by atoms with van der Waals surface area (Å²) in [6.07, 6.45) is 0. The van der Waals surface area contributed by atoms with E-state index in [1.807, 2.05) is 0 Å². The average Bonchev–Trinajstić information content (AvgIpc) is 2.77. The minimum Gasteiger partial charge on any atom is -0.0622 e. The Morgan fingerprint density at radius 1 is 0.414 bits per heavy atom. The van der Waals surface area contributed by atoms with Crippen LogP contribution in [0.15, 0.2) is 121 Å². The monoisotopic (exact) mass is 557 g/mol. The van der Waals surface area contributed by atoms with Gasteiger partial charge in [0.1, 0.15) is 0 Å². The first-order chi connectivity index (χ1) is 13.8. The van der Waals surface area contributed by atoms with Gasteiger partial charge in [-0.05, 0) is 37.1 Å². The van der Waals surface area contributed by atoms with Crippen LogP contribution in [0.5, 0.6) is 0 Å². The third-order valence-corrected chi connectivity index (χ3v) is 11.2. The summed E-state index contributed by atoms with van der Waals surface area (Å²) in [6, 6.07) is 44.3. The van der Waals surface area contributed by atoms with Gasteiger partial charge in [-0.1, -0.05) is 128 Å². The first-order valence-corrected chi connectivity index (χ1v) is 12.5. The van der Waals surface area contributed by atoms with Crippen molar-refractivity contribution in [2.24, 2.45) is 0 Å². The first-order valence-electron chi connectivity index (χ1n) is 9.63. The van der Waals surface area contributed by atoms with Gasteiger partial charge < -0.3 is 0 Å². The maximum absolute atomic E-state index is 2.46. The third kappa shape index (κ3) is 5.59. The predicted molar refractivity (Wildman–Crippen MR) is 128 cm³/mol. The Bertz CT molecular complexity index is 814. The Morgan fingerprint density at radius 3 is 0.828 bits per heavy atom. The van der Waals surface area contributed by atoms with Crippen LogP contribution in [0.2, 0.25) is 0 Å². The second-order valence-electron chi connectivity index (χ2n) is 6.71. The van der Waals surface area contributed by atoms with Crippen LogP contribution in [0.25, 0.3) is 0 Å². The van der Waals surface area contributed by atoms with Crippen molar-refractivity contribution in [1.82, 2.24) is 0 Å². The van der Waals surface area contributed by atoms with Crippen molar-refractivity contribution in [3.8, 4) is 0 Å². The molecule has 4 rings (SSSR count). The largest absolute Gasteiger partial charge is 0.0622 e. The van der Waals surface area contributed by atoms with Crippen molar-refractivity contribution in [2.45, 2.75) is 12.3 Å². The molecule has 29 heavy (non-hydrogen) atoms. The van der Waals surface area contributed by atoms with Crippen molar-refractivity contribution in [3.63, 3.8) is 0 Å². The Labute approximate surface area is 207 Å². The van der Waals surface area contributed by atoms with Crippen molar-refractivity contribution in [3.05, 3.63) is 121 Å². The molecule has 4 aromatic carbocycles. The van der Waals surface area contributed by atoms with Crippen LogP contribution < -0.4 is 21.2 Å². The predicted octanol–water partition coefficient (Wildman–Crippen LogP) is 5.60. The molecule has 0 aliphatic carbocycles. The van der Waals surface area contributed by atoms with E-state index >= 15 is 0 Å². The molecule has 0 unspecified atom stereocenters. The van der Waals surface area contributed by atoms with Gasteiger partial charge in [0.25, 0.3) is 0 Å². The maximum atomic E-state index is 2.46. The zero-order valence-corrected chi connectivity index (χ0v) is 20.3. The van der Waals surface area contributed by atoms with E-state index in [0.29, 0.717) is 5.40 Å². The number of hydrogen-bond acceptors (Lipinski definition) is 0. The number of benzene rings is 4. The van der Waals surface area contributed by atoms with Crippen LogP contribution >= 0.6 is 15.8 Å². The summed E-state index contributed by atoms with van der Waals surface area (Å²) < 4.78 is 0. The standard InChI is InChI=1S/C26H24P2.Tb/c1-22(27(23-14-6-2-7-15-23)24-16-8-3-9-17-24)28(25-18-10-4-11-19-25)26-20-12-5-13-21-26;/h2-22H,1H3;. The zero-order valence-electron chi connectivity index (χ0n) is 16.4. The van der Waals surface area contributed by atoms with Gasteiger partial charge >= 0.3 is 0 Å². The molecule has 0 atom stereocenters. The molecule has 0 nitrogen and oxygen atoms in total. The van der Waals surface area contributed by atoms with Crippen LogP contribution in [-0.4, -0.2) is 5.40 Å². The fourth-order valence-corrected chi connectivity index (χ4v) is 10.5. The smallest absolute Gasteiger partial charge is 0.0126 e. The summed E-state index contributed by atoms with van der Waals surface area (Å²) in [5.41, 5.74) is 0. The molecule has 0 heterocycles. The third-order valence-electron chi connectivity index (χ3n) is 4.88. The zero-order chi connectivity index (χ0) is 19.2. The van der Waals surface area contributed by atoms with Gasteiger partial charge in [-0.25, -0.2) is 0 Å². The quantitative estimate of drug-likeness (QED) is 0.271. The van der Waals surface area contributed by atoms with E-state index in [-0.39, 0.29) is 38.6 Å². The fourth-order valence-electron chi connectivity index (χ4n) is 3.63. The van der Waals surface area contributed by atoms with E-state index in [1.54, 1.807) is 0 Å². The topological polar surface area (TPSA) is 0 Å². The molecule has 0 spiro atoms. The van der Waals surface area contributed by atoms with E-state index < -0.39 is 15.8 Å².